The van der Waals surface area contributed by atoms with Gasteiger partial charge in [0.2, 0.25) is 0 Å². The van der Waals surface area contributed by atoms with E-state index in [1.54, 1.807) is 0 Å². The van der Waals surface area contributed by atoms with Crippen molar-refractivity contribution in [3.05, 3.63) is 0 Å². The molecule has 0 radical (unpaired) electrons. The van der Waals surface area contributed by atoms with Gasteiger partial charge in [0.1, 0.15) is 11.9 Å². The minimum absolute atomic E-state index is 0.251. The highest BCUT2D eigenvalue weighted by atomic mass is 16.6. The largest absolute Gasteiger partial charge is 0.456 e. The van der Waals surface area contributed by atoms with Gasteiger partial charge in [-0.2, -0.15) is 0 Å². The predicted octanol–water partition coefficient (Wildman–Crippen LogP) is 3.40. The molecule has 0 aliphatic carbocycles. The van der Waals surface area contributed by atoms with Crippen LogP contribution in [0.3, 0.4) is 0 Å². The topological polar surface area (TPSA) is 63.6 Å². The Kier molecular flexibility index (Phi) is 8.58. The van der Waals surface area contributed by atoms with Crippen LogP contribution < -0.4 is 0 Å². The van der Waals surface area contributed by atoms with Gasteiger partial charge in [-0.1, -0.05) is 58.3 Å². The van der Waals surface area contributed by atoms with Crippen LogP contribution in [0.4, 0.5) is 0 Å². The lowest BCUT2D eigenvalue weighted by molar-refractivity contribution is -0.158. The summed E-state index contributed by atoms with van der Waals surface area (Å²) in [5, 5.41) is 9.52. The molecule has 2 unspecified atom stereocenters. The fraction of sp³-hybridized carbons (Fsp3) is 0.882. The first-order valence-electron chi connectivity index (χ1n) is 8.46. The van der Waals surface area contributed by atoms with E-state index in [4.69, 9.17) is 4.74 Å². The van der Waals surface area contributed by atoms with Crippen molar-refractivity contribution in [1.82, 2.24) is 0 Å². The molecule has 1 rings (SSSR count). The highest BCUT2D eigenvalue weighted by molar-refractivity contribution is 5.73. The van der Waals surface area contributed by atoms with Crippen molar-refractivity contribution >= 4 is 12.3 Å². The Morgan fingerprint density at radius 3 is 2.29 bits per heavy atom. The highest BCUT2D eigenvalue weighted by Crippen LogP contribution is 2.35. The summed E-state index contributed by atoms with van der Waals surface area (Å²) < 4.78 is 5.25. The minimum Gasteiger partial charge on any atom is -0.456 e. The average Bonchev–Trinajstić information content (AvgIpc) is 2.88. The second-order valence-electron chi connectivity index (χ2n) is 6.20. The third kappa shape index (κ3) is 5.77. The number of rotatable bonds is 12. The first-order chi connectivity index (χ1) is 10.2. The fourth-order valence-electron chi connectivity index (χ4n) is 3.09. The molecule has 4 nitrogen and oxygen atoms in total. The normalized spacial score (nSPS) is 23.0. The maximum Gasteiger partial charge on any atom is 0.306 e. The molecule has 0 amide bonds. The molecule has 2 atom stereocenters. The average molecular weight is 298 g/mol. The summed E-state index contributed by atoms with van der Waals surface area (Å²) in [5.41, 5.74) is -0.944. The van der Waals surface area contributed by atoms with Crippen LogP contribution in [0, 0.1) is 5.92 Å². The Bertz CT molecular complexity index is 316. The Labute approximate surface area is 128 Å². The van der Waals surface area contributed by atoms with Gasteiger partial charge in [-0.3, -0.25) is 4.79 Å². The number of esters is 1. The Balaban J connectivity index is 2.22. The summed E-state index contributed by atoms with van der Waals surface area (Å²) in [6.07, 6.45) is 12.0. The summed E-state index contributed by atoms with van der Waals surface area (Å²) in [6.45, 7) is 1.96. The number of carbonyl (C=O) groups excluding carboxylic acids is 2. The molecule has 21 heavy (non-hydrogen) atoms. The van der Waals surface area contributed by atoms with E-state index < -0.39 is 5.60 Å². The molecule has 0 aromatic carbocycles. The molecular formula is C17H30O4. The molecule has 1 saturated heterocycles. The van der Waals surface area contributed by atoms with Crippen molar-refractivity contribution in [2.45, 2.75) is 83.2 Å². The zero-order valence-electron chi connectivity index (χ0n) is 13.3. The Morgan fingerprint density at radius 2 is 1.81 bits per heavy atom. The van der Waals surface area contributed by atoms with Crippen molar-refractivity contribution in [2.24, 2.45) is 5.92 Å². The third-order valence-corrected chi connectivity index (χ3v) is 4.55. The number of hydrogen-bond donors (Lipinski definition) is 1. The number of aliphatic hydroxyl groups excluding tert-OH is 1. The molecule has 1 fully saturated rings. The summed E-state index contributed by atoms with van der Waals surface area (Å²) >= 11 is 0. The van der Waals surface area contributed by atoms with Crippen LogP contribution in [0.5, 0.6) is 0 Å². The molecular weight excluding hydrogens is 268 g/mol. The van der Waals surface area contributed by atoms with Crippen molar-refractivity contribution < 1.29 is 19.4 Å². The van der Waals surface area contributed by atoms with E-state index in [9.17, 15) is 14.7 Å². The molecule has 1 aliphatic rings. The van der Waals surface area contributed by atoms with Gasteiger partial charge in [-0.05, 0) is 6.42 Å². The van der Waals surface area contributed by atoms with E-state index in [2.05, 4.69) is 6.92 Å². The van der Waals surface area contributed by atoms with E-state index >= 15 is 0 Å². The quantitative estimate of drug-likeness (QED) is 0.341. The zero-order valence-corrected chi connectivity index (χ0v) is 13.3. The molecule has 4 heteroatoms. The molecule has 0 aromatic rings. The maximum atomic E-state index is 11.3. The van der Waals surface area contributed by atoms with E-state index in [1.165, 1.54) is 38.5 Å². The zero-order chi connectivity index (χ0) is 15.6. The van der Waals surface area contributed by atoms with Gasteiger partial charge in [0, 0.05) is 12.8 Å². The monoisotopic (exact) mass is 298 g/mol. The summed E-state index contributed by atoms with van der Waals surface area (Å²) in [7, 11) is 0. The van der Waals surface area contributed by atoms with Gasteiger partial charge in [-0.25, -0.2) is 0 Å². The second kappa shape index (κ2) is 9.93. The molecule has 0 bridgehead atoms. The van der Waals surface area contributed by atoms with Crippen LogP contribution in [0.2, 0.25) is 0 Å². The van der Waals surface area contributed by atoms with Crippen LogP contribution in [-0.4, -0.2) is 29.6 Å². The molecule has 0 saturated carbocycles. The summed E-state index contributed by atoms with van der Waals surface area (Å²) in [5.74, 6) is -0.666. The summed E-state index contributed by atoms with van der Waals surface area (Å²) in [6, 6.07) is 0. The van der Waals surface area contributed by atoms with Gasteiger partial charge in [0.25, 0.3) is 0 Å². The van der Waals surface area contributed by atoms with Crippen molar-refractivity contribution in [2.75, 3.05) is 6.61 Å². The Hall–Kier alpha value is -0.900. The van der Waals surface area contributed by atoms with Gasteiger partial charge < -0.3 is 14.6 Å². The standard InChI is InChI=1S/C17H30O4/c1-2-3-4-5-6-7-8-9-10-15(13-18)17(14-19)12-11-16(20)21-17/h13,15,19H,2-12,14H2,1H3. The first kappa shape index (κ1) is 18.1. The highest BCUT2D eigenvalue weighted by Gasteiger charge is 2.46. The number of unbranched alkanes of at least 4 members (excludes halogenated alkanes) is 7. The van der Waals surface area contributed by atoms with Crippen LogP contribution >= 0.6 is 0 Å². The predicted molar refractivity (Wildman–Crippen MR) is 81.9 cm³/mol. The van der Waals surface area contributed by atoms with Crippen LogP contribution in [0.1, 0.15) is 77.6 Å². The van der Waals surface area contributed by atoms with E-state index in [1.807, 2.05) is 0 Å². The number of aldehydes is 1. The maximum absolute atomic E-state index is 11.3. The second-order valence-corrected chi connectivity index (χ2v) is 6.20. The lowest BCUT2D eigenvalue weighted by Gasteiger charge is -2.30. The Morgan fingerprint density at radius 1 is 1.19 bits per heavy atom. The SMILES string of the molecule is CCCCCCCCCCC(C=O)C1(CO)CCC(=O)O1. The van der Waals surface area contributed by atoms with E-state index in [0.717, 1.165) is 19.1 Å². The summed E-state index contributed by atoms with van der Waals surface area (Å²) in [4.78, 5) is 22.6. The van der Waals surface area contributed by atoms with Gasteiger partial charge in [-0.15, -0.1) is 0 Å². The van der Waals surface area contributed by atoms with Crippen LogP contribution in [0.25, 0.3) is 0 Å². The molecule has 1 N–H and O–H groups in total. The van der Waals surface area contributed by atoms with Gasteiger partial charge in [0.15, 0.2) is 0 Å². The van der Waals surface area contributed by atoms with E-state index in [-0.39, 0.29) is 18.5 Å². The number of hydrogen-bond acceptors (Lipinski definition) is 4. The number of ether oxygens (including phenoxy) is 1. The molecule has 1 heterocycles. The first-order valence-corrected chi connectivity index (χ1v) is 8.46. The van der Waals surface area contributed by atoms with Crippen molar-refractivity contribution in [3.8, 4) is 0 Å². The number of aliphatic hydroxyl groups is 1. The van der Waals surface area contributed by atoms with Gasteiger partial charge in [0.05, 0.1) is 12.5 Å². The van der Waals surface area contributed by atoms with E-state index in [0.29, 0.717) is 19.3 Å². The lowest BCUT2D eigenvalue weighted by Crippen LogP contribution is -2.42. The lowest BCUT2D eigenvalue weighted by atomic mass is 9.83. The van der Waals surface area contributed by atoms with Gasteiger partial charge >= 0.3 is 5.97 Å². The number of cyclic esters (lactones) is 1. The number of carbonyl (C=O) groups is 2. The third-order valence-electron chi connectivity index (χ3n) is 4.55. The van der Waals surface area contributed by atoms with Crippen LogP contribution in [0.15, 0.2) is 0 Å². The van der Waals surface area contributed by atoms with Crippen LogP contribution in [-0.2, 0) is 14.3 Å². The smallest absolute Gasteiger partial charge is 0.306 e. The molecule has 0 spiro atoms. The van der Waals surface area contributed by atoms with Crippen molar-refractivity contribution in [3.63, 3.8) is 0 Å². The minimum atomic E-state index is -0.944. The molecule has 0 aromatic heterocycles. The van der Waals surface area contributed by atoms with Crippen molar-refractivity contribution in [1.29, 1.82) is 0 Å². The fourth-order valence-corrected chi connectivity index (χ4v) is 3.09. The molecule has 122 valence electrons. The molecule has 1 aliphatic heterocycles.